The molecule has 5 rings (SSSR count). The Morgan fingerprint density at radius 1 is 0.850 bits per heavy atom. The molecule has 2 N–H and O–H groups in total. The molecule has 1 amide bonds. The predicted octanol–water partition coefficient (Wildman–Crippen LogP) is 6.46. The van der Waals surface area contributed by atoms with Crippen molar-refractivity contribution in [3.63, 3.8) is 0 Å². The molecule has 0 saturated carbocycles. The summed E-state index contributed by atoms with van der Waals surface area (Å²) in [4.78, 5) is 22.1. The van der Waals surface area contributed by atoms with Gasteiger partial charge in [-0.2, -0.15) is 5.26 Å². The Morgan fingerprint density at radius 3 is 2.27 bits per heavy atom. The highest BCUT2D eigenvalue weighted by Gasteiger charge is 2.15. The van der Waals surface area contributed by atoms with Crippen molar-refractivity contribution in [1.82, 2.24) is 14.9 Å². The smallest absolute Gasteiger partial charge is 0.247 e. The highest BCUT2D eigenvalue weighted by atomic mass is 16.5. The van der Waals surface area contributed by atoms with E-state index in [0.29, 0.717) is 28.5 Å². The monoisotopic (exact) mass is 527 g/mol. The molecule has 4 aromatic carbocycles. The van der Waals surface area contributed by atoms with Gasteiger partial charge in [0.25, 0.3) is 0 Å². The average molecular weight is 528 g/mol. The van der Waals surface area contributed by atoms with E-state index >= 15 is 0 Å². The van der Waals surface area contributed by atoms with Crippen LogP contribution in [0.3, 0.4) is 0 Å². The molecule has 0 radical (unpaired) electrons. The van der Waals surface area contributed by atoms with Crippen LogP contribution in [0.5, 0.6) is 23.1 Å². The Bertz CT molecular complexity index is 1760. The number of nitrogens with zero attached hydrogens (tertiary/aromatic N) is 4. The van der Waals surface area contributed by atoms with Gasteiger partial charge in [-0.15, -0.1) is 0 Å². The number of carbonyl (C=O) groups excluding carboxylic acids is 1. The zero-order valence-corrected chi connectivity index (χ0v) is 21.9. The lowest BCUT2D eigenvalue weighted by molar-refractivity contribution is -0.123. The van der Waals surface area contributed by atoms with Crippen LogP contribution in [0.4, 0.5) is 5.82 Å². The van der Waals surface area contributed by atoms with Crippen LogP contribution in [0.2, 0.25) is 0 Å². The van der Waals surface area contributed by atoms with Crippen molar-refractivity contribution >= 4 is 28.1 Å². The first-order chi connectivity index (χ1) is 19.4. The third-order valence-electron chi connectivity index (χ3n) is 6.13. The fourth-order valence-electron chi connectivity index (χ4n) is 4.05. The third kappa shape index (κ3) is 5.74. The number of ether oxygens (including phenoxy) is 2. The number of amides is 1. The Balaban J connectivity index is 1.44. The number of nitriles is 1. The maximum absolute atomic E-state index is 12.1. The van der Waals surface area contributed by atoms with Crippen molar-refractivity contribution < 1.29 is 14.3 Å². The Hall–Kier alpha value is -5.68. The van der Waals surface area contributed by atoms with E-state index in [4.69, 9.17) is 15.2 Å². The lowest BCUT2D eigenvalue weighted by Crippen LogP contribution is -2.19. The van der Waals surface area contributed by atoms with E-state index in [1.54, 1.807) is 14.1 Å². The van der Waals surface area contributed by atoms with E-state index in [-0.39, 0.29) is 17.3 Å². The number of nitrogens with two attached hydrogens (primary N) is 1. The number of fused-ring (bicyclic) bond motifs is 1. The van der Waals surface area contributed by atoms with E-state index in [1.807, 2.05) is 91.0 Å². The molecule has 5 aromatic rings. The number of allylic oxidation sites excluding steroid dienone is 1. The Labute approximate surface area is 231 Å². The van der Waals surface area contributed by atoms with Crippen molar-refractivity contribution in [1.29, 1.82) is 5.26 Å². The van der Waals surface area contributed by atoms with E-state index in [2.05, 4.69) is 16.0 Å². The van der Waals surface area contributed by atoms with Gasteiger partial charge in [-0.3, -0.25) is 4.79 Å². The van der Waals surface area contributed by atoms with E-state index < -0.39 is 0 Å². The fraction of sp³-hybridized carbons (Fsp3) is 0.0625. The third-order valence-corrected chi connectivity index (χ3v) is 6.13. The molecular weight excluding hydrogens is 502 g/mol. The maximum Gasteiger partial charge on any atom is 0.247 e. The number of carbonyl (C=O) groups is 1. The quantitative estimate of drug-likeness (QED) is 0.191. The number of aromatic nitrogens is 2. The summed E-state index contributed by atoms with van der Waals surface area (Å²) in [5, 5.41) is 11.4. The number of likely N-dealkylation sites (N-methyl/N-ethyl adjacent to an activating group) is 1. The normalized spacial score (nSPS) is 11.1. The molecule has 0 aliphatic heterocycles. The van der Waals surface area contributed by atoms with E-state index in [9.17, 15) is 10.1 Å². The number of benzene rings is 4. The number of hydrogen-bond acceptors (Lipinski definition) is 7. The second-order valence-corrected chi connectivity index (χ2v) is 9.11. The summed E-state index contributed by atoms with van der Waals surface area (Å²) in [5.41, 5.74) is 8.49. The molecule has 0 unspecified atom stereocenters. The highest BCUT2D eigenvalue weighted by Crippen LogP contribution is 2.37. The minimum Gasteiger partial charge on any atom is -0.457 e. The van der Waals surface area contributed by atoms with Crippen LogP contribution in [0.1, 0.15) is 5.56 Å². The van der Waals surface area contributed by atoms with Crippen LogP contribution in [0, 0.1) is 11.3 Å². The van der Waals surface area contributed by atoms with E-state index in [0.717, 1.165) is 22.1 Å². The van der Waals surface area contributed by atoms with Gasteiger partial charge in [0.2, 0.25) is 11.8 Å². The first-order valence-corrected chi connectivity index (χ1v) is 12.4. The molecule has 0 fully saturated rings. The van der Waals surface area contributed by atoms with Crippen LogP contribution < -0.4 is 15.2 Å². The molecule has 196 valence electrons. The summed E-state index contributed by atoms with van der Waals surface area (Å²) < 4.78 is 12.1. The molecule has 1 aromatic heterocycles. The average Bonchev–Trinajstić information content (AvgIpc) is 2.96. The largest absolute Gasteiger partial charge is 0.457 e. The molecule has 0 bridgehead atoms. The van der Waals surface area contributed by atoms with Gasteiger partial charge in [0.05, 0.1) is 17.2 Å². The Morgan fingerprint density at radius 2 is 1.55 bits per heavy atom. The summed E-state index contributed by atoms with van der Waals surface area (Å²) >= 11 is 0. The lowest BCUT2D eigenvalue weighted by atomic mass is 10.0. The summed E-state index contributed by atoms with van der Waals surface area (Å²) in [6.07, 6.45) is 2.68. The summed E-state index contributed by atoms with van der Waals surface area (Å²) in [5.74, 6) is 2.26. The van der Waals surface area contributed by atoms with Crippen molar-refractivity contribution in [2.24, 2.45) is 0 Å². The second-order valence-electron chi connectivity index (χ2n) is 9.11. The number of rotatable bonds is 7. The number of para-hydroxylation sites is 1. The SMILES string of the molecule is CN(C)C(=O)/C=C(\C#N)c1ccc2ccc(Oc3ncnc(N)c3-c3ccc(Oc4ccccc4)cc3)cc2c1. The molecular formula is C32H25N5O3. The van der Waals surface area contributed by atoms with Gasteiger partial charge in [-0.1, -0.05) is 48.5 Å². The first-order valence-electron chi connectivity index (χ1n) is 12.4. The minimum absolute atomic E-state index is 0.262. The summed E-state index contributed by atoms with van der Waals surface area (Å²) in [7, 11) is 3.28. The molecule has 8 nitrogen and oxygen atoms in total. The number of anilines is 1. The van der Waals surface area contributed by atoms with Crippen molar-refractivity contribution in [3.05, 3.63) is 109 Å². The Kier molecular flexibility index (Phi) is 7.38. The van der Waals surface area contributed by atoms with Crippen LogP contribution in [-0.2, 0) is 4.79 Å². The molecule has 40 heavy (non-hydrogen) atoms. The topological polar surface area (TPSA) is 114 Å². The molecule has 1 heterocycles. The maximum atomic E-state index is 12.1. The van der Waals surface area contributed by atoms with Gasteiger partial charge in [0, 0.05) is 20.2 Å². The lowest BCUT2D eigenvalue weighted by Gasteiger charge is -2.13. The van der Waals surface area contributed by atoms with Gasteiger partial charge in [0.1, 0.15) is 29.4 Å². The minimum atomic E-state index is -0.262. The van der Waals surface area contributed by atoms with Crippen molar-refractivity contribution in [2.75, 3.05) is 19.8 Å². The number of hydrogen-bond donors (Lipinski definition) is 1. The molecule has 8 heteroatoms. The zero-order valence-electron chi connectivity index (χ0n) is 21.9. The standard InChI is InChI=1S/C32H25N5O3/c1-37(2)29(38)18-25(19-33)23-9-8-21-10-15-28(17-24(21)16-23)40-32-30(31(34)35-20-36-32)22-11-13-27(14-12-22)39-26-6-4-3-5-7-26/h3-18,20H,1-2H3,(H2,34,35,36)/b25-18+. The van der Waals surface area contributed by atoms with Gasteiger partial charge in [-0.05, 0) is 64.4 Å². The number of nitrogen functional groups attached to an aromatic ring is 1. The van der Waals surface area contributed by atoms with E-state index in [1.165, 1.54) is 17.3 Å². The van der Waals surface area contributed by atoms with Crippen molar-refractivity contribution in [3.8, 4) is 40.3 Å². The predicted molar refractivity (Wildman–Crippen MR) is 155 cm³/mol. The van der Waals surface area contributed by atoms with Gasteiger partial charge < -0.3 is 20.1 Å². The van der Waals surface area contributed by atoms with Crippen LogP contribution >= 0.6 is 0 Å². The molecule has 0 aliphatic carbocycles. The summed E-state index contributed by atoms with van der Waals surface area (Å²) in [6.45, 7) is 0. The molecule has 0 spiro atoms. The summed E-state index contributed by atoms with van der Waals surface area (Å²) in [6, 6.07) is 30.2. The van der Waals surface area contributed by atoms with Crippen LogP contribution in [0.15, 0.2) is 103 Å². The molecule has 0 aliphatic rings. The second kappa shape index (κ2) is 11.4. The van der Waals surface area contributed by atoms with Crippen LogP contribution in [0.25, 0.3) is 27.5 Å². The fourth-order valence-corrected chi connectivity index (χ4v) is 4.05. The van der Waals surface area contributed by atoms with Crippen molar-refractivity contribution in [2.45, 2.75) is 0 Å². The molecule has 0 atom stereocenters. The first kappa shape index (κ1) is 25.9. The van der Waals surface area contributed by atoms with Crippen LogP contribution in [-0.4, -0.2) is 34.9 Å². The van der Waals surface area contributed by atoms with Gasteiger partial charge >= 0.3 is 0 Å². The van der Waals surface area contributed by atoms with Gasteiger partial charge in [-0.25, -0.2) is 9.97 Å². The molecule has 0 saturated heterocycles. The van der Waals surface area contributed by atoms with Gasteiger partial charge in [0.15, 0.2) is 0 Å². The highest BCUT2D eigenvalue weighted by molar-refractivity contribution is 5.99. The zero-order chi connectivity index (χ0) is 28.1.